The van der Waals surface area contributed by atoms with Crippen LogP contribution in [-0.4, -0.2) is 36.2 Å². The van der Waals surface area contributed by atoms with E-state index in [-0.39, 0.29) is 5.69 Å². The molecule has 1 aromatic rings. The Labute approximate surface area is 115 Å². The van der Waals surface area contributed by atoms with Crippen LogP contribution in [0.15, 0.2) is 23.1 Å². The highest BCUT2D eigenvalue weighted by Gasteiger charge is 2.32. The van der Waals surface area contributed by atoms with Gasteiger partial charge in [-0.2, -0.15) is 0 Å². The molecule has 0 amide bonds. The topological polar surface area (TPSA) is 127 Å². The number of nitro groups is 1. The van der Waals surface area contributed by atoms with Crippen LogP contribution >= 0.6 is 0 Å². The fourth-order valence-corrected chi connectivity index (χ4v) is 2.36. The van der Waals surface area contributed by atoms with Gasteiger partial charge in [0.05, 0.1) is 4.92 Å². The van der Waals surface area contributed by atoms with Crippen molar-refractivity contribution in [2.75, 3.05) is 11.6 Å². The molecule has 0 radical (unpaired) electrons. The van der Waals surface area contributed by atoms with Gasteiger partial charge in [-0.3, -0.25) is 10.1 Å². The van der Waals surface area contributed by atoms with Crippen LogP contribution in [0.2, 0.25) is 0 Å². The van der Waals surface area contributed by atoms with E-state index in [2.05, 4.69) is 5.32 Å². The monoisotopic (exact) mass is 302 g/mol. The van der Waals surface area contributed by atoms with E-state index in [1.807, 2.05) is 0 Å². The summed E-state index contributed by atoms with van der Waals surface area (Å²) in [5.74, 6) is -1.23. The minimum Gasteiger partial charge on any atom is -0.480 e. The van der Waals surface area contributed by atoms with Crippen molar-refractivity contribution in [1.29, 1.82) is 0 Å². The number of para-hydroxylation sites is 1. The van der Waals surface area contributed by atoms with Gasteiger partial charge in [-0.05, 0) is 26.0 Å². The lowest BCUT2D eigenvalue weighted by Crippen LogP contribution is -2.40. The number of aliphatic carboxylic acids is 1. The number of nitrogens with zero attached hydrogens (tertiary/aromatic N) is 1. The summed E-state index contributed by atoms with van der Waals surface area (Å²) in [6, 6.07) is 3.67. The Morgan fingerprint density at radius 1 is 1.40 bits per heavy atom. The number of nitro benzene ring substituents is 1. The number of carboxylic acid groups (broad SMARTS) is 1. The van der Waals surface area contributed by atoms with Gasteiger partial charge in [0, 0.05) is 6.26 Å². The molecule has 0 saturated heterocycles. The van der Waals surface area contributed by atoms with Crippen LogP contribution in [0.3, 0.4) is 0 Å². The number of carboxylic acids is 1. The number of hydrogen-bond acceptors (Lipinski definition) is 6. The largest absolute Gasteiger partial charge is 0.480 e. The van der Waals surface area contributed by atoms with Gasteiger partial charge in [-0.25, -0.2) is 13.2 Å². The van der Waals surface area contributed by atoms with Crippen molar-refractivity contribution in [2.45, 2.75) is 24.3 Å². The van der Waals surface area contributed by atoms with Gasteiger partial charge in [-0.15, -0.1) is 0 Å². The third-order valence-corrected chi connectivity index (χ3v) is 3.69. The molecule has 20 heavy (non-hydrogen) atoms. The molecule has 0 fully saturated rings. The number of anilines is 1. The molecule has 0 unspecified atom stereocenters. The van der Waals surface area contributed by atoms with E-state index in [4.69, 9.17) is 5.11 Å². The van der Waals surface area contributed by atoms with Crippen LogP contribution in [0.25, 0.3) is 0 Å². The van der Waals surface area contributed by atoms with Crippen LogP contribution in [0.5, 0.6) is 0 Å². The highest BCUT2D eigenvalue weighted by atomic mass is 32.2. The zero-order chi connectivity index (χ0) is 15.7. The second kappa shape index (κ2) is 5.08. The molecule has 0 atom stereocenters. The van der Waals surface area contributed by atoms with E-state index in [0.717, 1.165) is 12.3 Å². The number of nitrogens with one attached hydrogen (secondary N) is 1. The molecule has 9 heteroatoms. The molecular weight excluding hydrogens is 288 g/mol. The van der Waals surface area contributed by atoms with E-state index in [0.29, 0.717) is 0 Å². The number of hydrogen-bond donors (Lipinski definition) is 2. The first-order valence-corrected chi connectivity index (χ1v) is 7.35. The summed E-state index contributed by atoms with van der Waals surface area (Å²) in [5.41, 5.74) is -2.31. The molecule has 0 aliphatic heterocycles. The third kappa shape index (κ3) is 3.23. The number of sulfone groups is 1. The van der Waals surface area contributed by atoms with Crippen LogP contribution in [0, 0.1) is 10.1 Å². The van der Waals surface area contributed by atoms with Crippen LogP contribution in [0.1, 0.15) is 13.8 Å². The summed E-state index contributed by atoms with van der Waals surface area (Å²) in [4.78, 5) is 20.8. The molecule has 2 N–H and O–H groups in total. The lowest BCUT2D eigenvalue weighted by molar-refractivity contribution is -0.386. The Morgan fingerprint density at radius 2 is 1.95 bits per heavy atom. The summed E-state index contributed by atoms with van der Waals surface area (Å²) < 4.78 is 23.1. The summed E-state index contributed by atoms with van der Waals surface area (Å²) in [6.07, 6.45) is 0.849. The average Bonchev–Trinajstić information content (AvgIpc) is 2.26. The Kier molecular flexibility index (Phi) is 4.04. The average molecular weight is 302 g/mol. The minimum absolute atomic E-state index is 0.162. The van der Waals surface area contributed by atoms with E-state index in [1.165, 1.54) is 26.0 Å². The zero-order valence-electron chi connectivity index (χ0n) is 11.1. The van der Waals surface area contributed by atoms with E-state index in [9.17, 15) is 23.3 Å². The van der Waals surface area contributed by atoms with Crippen molar-refractivity contribution in [3.8, 4) is 0 Å². The van der Waals surface area contributed by atoms with Crippen molar-refractivity contribution < 1.29 is 23.2 Å². The summed E-state index contributed by atoms with van der Waals surface area (Å²) in [5, 5.41) is 22.6. The fraction of sp³-hybridized carbons (Fsp3) is 0.364. The van der Waals surface area contributed by atoms with Gasteiger partial charge in [0.15, 0.2) is 9.84 Å². The maximum absolute atomic E-state index is 11.6. The van der Waals surface area contributed by atoms with Crippen molar-refractivity contribution in [1.82, 2.24) is 0 Å². The highest BCUT2D eigenvalue weighted by Crippen LogP contribution is 2.33. The smallest absolute Gasteiger partial charge is 0.328 e. The Bertz CT molecular complexity index is 665. The first-order valence-electron chi connectivity index (χ1n) is 5.46. The Hall–Kier alpha value is -2.16. The SMILES string of the molecule is CC(C)(Nc1cccc(S(C)(=O)=O)c1[N+](=O)[O-])C(=O)O. The fourth-order valence-electron chi connectivity index (χ4n) is 1.50. The molecule has 8 nitrogen and oxygen atoms in total. The van der Waals surface area contributed by atoms with Crippen molar-refractivity contribution >= 4 is 27.2 Å². The van der Waals surface area contributed by atoms with Crippen molar-refractivity contribution in [2.24, 2.45) is 0 Å². The number of rotatable bonds is 5. The second-order valence-electron chi connectivity index (χ2n) is 4.74. The predicted molar refractivity (Wildman–Crippen MR) is 71.5 cm³/mol. The third-order valence-electron chi connectivity index (χ3n) is 2.56. The predicted octanol–water partition coefficient (Wildman–Crippen LogP) is 1.27. The van der Waals surface area contributed by atoms with Crippen molar-refractivity contribution in [3.63, 3.8) is 0 Å². The molecule has 0 aliphatic rings. The van der Waals surface area contributed by atoms with E-state index >= 15 is 0 Å². The molecule has 0 spiro atoms. The summed E-state index contributed by atoms with van der Waals surface area (Å²) in [6.45, 7) is 2.62. The van der Waals surface area contributed by atoms with Gasteiger partial charge in [0.2, 0.25) is 0 Å². The molecule has 0 aromatic heterocycles. The molecule has 0 saturated carbocycles. The van der Waals surface area contributed by atoms with Gasteiger partial charge >= 0.3 is 11.7 Å². The number of benzene rings is 1. The Morgan fingerprint density at radius 3 is 2.35 bits per heavy atom. The molecule has 0 aliphatic carbocycles. The van der Waals surface area contributed by atoms with Gasteiger partial charge in [0.25, 0.3) is 0 Å². The minimum atomic E-state index is -3.81. The molecule has 0 heterocycles. The lowest BCUT2D eigenvalue weighted by Gasteiger charge is -2.22. The molecular formula is C11H14N2O6S. The van der Waals surface area contributed by atoms with Gasteiger partial charge in [0.1, 0.15) is 16.1 Å². The Balaban J connectivity index is 3.50. The van der Waals surface area contributed by atoms with Crippen LogP contribution < -0.4 is 5.32 Å². The highest BCUT2D eigenvalue weighted by molar-refractivity contribution is 7.90. The van der Waals surface area contributed by atoms with Crippen molar-refractivity contribution in [3.05, 3.63) is 28.3 Å². The maximum Gasteiger partial charge on any atom is 0.328 e. The molecule has 1 aromatic carbocycles. The normalized spacial score (nSPS) is 11.9. The quantitative estimate of drug-likeness (QED) is 0.619. The van der Waals surface area contributed by atoms with Gasteiger partial charge < -0.3 is 10.4 Å². The first kappa shape index (κ1) is 15.9. The molecule has 110 valence electrons. The standard InChI is InChI=1S/C11H14N2O6S/c1-11(2,10(14)15)12-7-5-4-6-8(20(3,18)19)9(7)13(16)17/h4-6,12H,1-3H3,(H,14,15). The zero-order valence-corrected chi connectivity index (χ0v) is 11.9. The number of carbonyl (C=O) groups is 1. The maximum atomic E-state index is 11.6. The van der Waals surface area contributed by atoms with Crippen LogP contribution in [-0.2, 0) is 14.6 Å². The lowest BCUT2D eigenvalue weighted by atomic mass is 10.1. The summed E-state index contributed by atoms with van der Waals surface area (Å²) in [7, 11) is -3.81. The van der Waals surface area contributed by atoms with Gasteiger partial charge in [-0.1, -0.05) is 6.07 Å². The first-order chi connectivity index (χ1) is 8.97. The molecule has 0 bridgehead atoms. The van der Waals surface area contributed by atoms with E-state index in [1.54, 1.807) is 0 Å². The molecule has 1 rings (SSSR count). The second-order valence-corrected chi connectivity index (χ2v) is 6.72. The van der Waals surface area contributed by atoms with Crippen LogP contribution in [0.4, 0.5) is 11.4 Å². The summed E-state index contributed by atoms with van der Waals surface area (Å²) >= 11 is 0. The van der Waals surface area contributed by atoms with E-state index < -0.39 is 36.9 Å².